The molecule has 0 heterocycles. The average molecular weight is 203 g/mol. The number of hydrogen-bond acceptors (Lipinski definition) is 4. The molecule has 14 heavy (non-hydrogen) atoms. The summed E-state index contributed by atoms with van der Waals surface area (Å²) in [6.07, 6.45) is -0.298. The highest BCUT2D eigenvalue weighted by atomic mass is 16.5. The summed E-state index contributed by atoms with van der Waals surface area (Å²) in [5, 5.41) is 2.56. The monoisotopic (exact) mass is 203 g/mol. The van der Waals surface area contributed by atoms with Crippen molar-refractivity contribution in [1.82, 2.24) is 5.32 Å². The lowest BCUT2D eigenvalue weighted by atomic mass is 10.3. The largest absolute Gasteiger partial charge is 0.466 e. The van der Waals surface area contributed by atoms with Crippen LogP contribution in [0.1, 0.15) is 20.3 Å². The molecule has 0 aromatic rings. The quantitative estimate of drug-likeness (QED) is 0.621. The summed E-state index contributed by atoms with van der Waals surface area (Å²) < 4.78 is 9.48. The molecule has 1 unspecified atom stereocenters. The van der Waals surface area contributed by atoms with Gasteiger partial charge in [-0.1, -0.05) is 0 Å². The van der Waals surface area contributed by atoms with Crippen LogP contribution in [-0.4, -0.2) is 38.2 Å². The number of esters is 1. The van der Waals surface area contributed by atoms with Gasteiger partial charge in [-0.25, -0.2) is 0 Å². The number of carbonyl (C=O) groups excluding carboxylic acids is 2. The van der Waals surface area contributed by atoms with Gasteiger partial charge in [-0.3, -0.25) is 9.59 Å². The zero-order valence-corrected chi connectivity index (χ0v) is 8.83. The minimum atomic E-state index is -0.489. The van der Waals surface area contributed by atoms with Crippen LogP contribution in [0, 0.1) is 0 Å². The van der Waals surface area contributed by atoms with E-state index in [4.69, 9.17) is 4.74 Å². The van der Waals surface area contributed by atoms with Crippen molar-refractivity contribution in [3.05, 3.63) is 0 Å². The number of amides is 1. The lowest BCUT2D eigenvalue weighted by Crippen LogP contribution is -2.35. The first kappa shape index (κ1) is 12.9. The first-order valence-corrected chi connectivity index (χ1v) is 4.58. The van der Waals surface area contributed by atoms with E-state index in [1.165, 1.54) is 7.11 Å². The highest BCUT2D eigenvalue weighted by molar-refractivity contribution is 5.80. The van der Waals surface area contributed by atoms with E-state index in [2.05, 4.69) is 10.1 Å². The molecule has 1 N–H and O–H groups in total. The minimum absolute atomic E-state index is 0.190. The van der Waals surface area contributed by atoms with Gasteiger partial charge < -0.3 is 14.8 Å². The molecular weight excluding hydrogens is 186 g/mol. The Morgan fingerprint density at radius 1 is 1.43 bits per heavy atom. The van der Waals surface area contributed by atoms with Crippen molar-refractivity contribution in [2.45, 2.75) is 26.4 Å². The van der Waals surface area contributed by atoms with Gasteiger partial charge in [0.15, 0.2) is 0 Å². The molecule has 0 aliphatic heterocycles. The Labute approximate surface area is 83.8 Å². The summed E-state index contributed by atoms with van der Waals surface area (Å²) >= 11 is 0. The van der Waals surface area contributed by atoms with E-state index in [0.29, 0.717) is 6.61 Å². The molecule has 5 nitrogen and oxygen atoms in total. The van der Waals surface area contributed by atoms with Gasteiger partial charge in [-0.2, -0.15) is 0 Å². The smallest absolute Gasteiger partial charge is 0.307 e. The SMILES string of the molecule is CCOC(=O)CCNC(=O)C(C)OC. The van der Waals surface area contributed by atoms with E-state index in [1.54, 1.807) is 13.8 Å². The summed E-state index contributed by atoms with van der Waals surface area (Å²) in [7, 11) is 1.45. The predicted octanol–water partition coefficient (Wildman–Crippen LogP) is 0.0907. The molecule has 0 aromatic carbocycles. The van der Waals surface area contributed by atoms with E-state index in [1.807, 2.05) is 0 Å². The lowest BCUT2D eigenvalue weighted by Gasteiger charge is -2.09. The zero-order valence-electron chi connectivity index (χ0n) is 8.83. The van der Waals surface area contributed by atoms with Crippen LogP contribution < -0.4 is 5.32 Å². The van der Waals surface area contributed by atoms with Gasteiger partial charge in [0.2, 0.25) is 5.91 Å². The Morgan fingerprint density at radius 3 is 2.57 bits per heavy atom. The third-order valence-corrected chi connectivity index (χ3v) is 1.66. The van der Waals surface area contributed by atoms with E-state index >= 15 is 0 Å². The average Bonchev–Trinajstić information content (AvgIpc) is 2.16. The molecule has 82 valence electrons. The number of methoxy groups -OCH3 is 1. The molecule has 1 amide bonds. The number of rotatable bonds is 6. The van der Waals surface area contributed by atoms with Crippen molar-refractivity contribution in [3.8, 4) is 0 Å². The molecule has 0 fully saturated rings. The number of carbonyl (C=O) groups is 2. The minimum Gasteiger partial charge on any atom is -0.466 e. The highest BCUT2D eigenvalue weighted by Gasteiger charge is 2.11. The molecule has 0 rings (SSSR count). The van der Waals surface area contributed by atoms with Crippen molar-refractivity contribution >= 4 is 11.9 Å². The molecule has 0 spiro atoms. The second kappa shape index (κ2) is 7.32. The molecule has 0 radical (unpaired) electrons. The lowest BCUT2D eigenvalue weighted by molar-refractivity contribution is -0.143. The fourth-order valence-electron chi connectivity index (χ4n) is 0.772. The second-order valence-electron chi connectivity index (χ2n) is 2.72. The fourth-order valence-corrected chi connectivity index (χ4v) is 0.772. The van der Waals surface area contributed by atoms with Gasteiger partial charge in [-0.05, 0) is 13.8 Å². The Hall–Kier alpha value is -1.10. The number of hydrogen-bond donors (Lipinski definition) is 1. The van der Waals surface area contributed by atoms with Crippen molar-refractivity contribution in [1.29, 1.82) is 0 Å². The third kappa shape index (κ3) is 5.53. The number of ether oxygens (including phenoxy) is 2. The molecular formula is C9H17NO4. The van der Waals surface area contributed by atoms with Crippen LogP contribution in [0.4, 0.5) is 0 Å². The van der Waals surface area contributed by atoms with Crippen LogP contribution in [-0.2, 0) is 19.1 Å². The van der Waals surface area contributed by atoms with Crippen LogP contribution in [0.2, 0.25) is 0 Å². The molecule has 0 saturated heterocycles. The Balaban J connectivity index is 3.54. The molecule has 0 aromatic heterocycles. The first-order valence-electron chi connectivity index (χ1n) is 4.58. The fraction of sp³-hybridized carbons (Fsp3) is 0.778. The van der Waals surface area contributed by atoms with Crippen molar-refractivity contribution in [2.24, 2.45) is 0 Å². The van der Waals surface area contributed by atoms with Gasteiger partial charge in [0.05, 0.1) is 13.0 Å². The van der Waals surface area contributed by atoms with Gasteiger partial charge >= 0.3 is 5.97 Å². The van der Waals surface area contributed by atoms with Crippen LogP contribution in [0.15, 0.2) is 0 Å². The van der Waals surface area contributed by atoms with E-state index in [-0.39, 0.29) is 24.8 Å². The third-order valence-electron chi connectivity index (χ3n) is 1.66. The normalized spacial score (nSPS) is 11.9. The van der Waals surface area contributed by atoms with Gasteiger partial charge in [-0.15, -0.1) is 0 Å². The first-order chi connectivity index (χ1) is 6.61. The van der Waals surface area contributed by atoms with E-state index in [9.17, 15) is 9.59 Å². The van der Waals surface area contributed by atoms with Crippen molar-refractivity contribution < 1.29 is 19.1 Å². The predicted molar refractivity (Wildman–Crippen MR) is 50.7 cm³/mol. The summed E-state index contributed by atoms with van der Waals surface area (Å²) in [6, 6.07) is 0. The summed E-state index contributed by atoms with van der Waals surface area (Å²) in [5.74, 6) is -0.533. The van der Waals surface area contributed by atoms with E-state index in [0.717, 1.165) is 0 Å². The number of nitrogens with one attached hydrogen (secondary N) is 1. The summed E-state index contributed by atoms with van der Waals surface area (Å²) in [5.41, 5.74) is 0. The molecule has 0 saturated carbocycles. The van der Waals surface area contributed by atoms with Crippen LogP contribution in [0.3, 0.4) is 0 Å². The van der Waals surface area contributed by atoms with Gasteiger partial charge in [0, 0.05) is 13.7 Å². The van der Waals surface area contributed by atoms with Gasteiger partial charge in [0.25, 0.3) is 0 Å². The summed E-state index contributed by atoms with van der Waals surface area (Å²) in [4.78, 5) is 22.0. The van der Waals surface area contributed by atoms with Crippen LogP contribution in [0.5, 0.6) is 0 Å². The maximum absolute atomic E-state index is 11.1. The molecule has 5 heteroatoms. The second-order valence-corrected chi connectivity index (χ2v) is 2.72. The Morgan fingerprint density at radius 2 is 2.07 bits per heavy atom. The topological polar surface area (TPSA) is 64.6 Å². The Kier molecular flexibility index (Phi) is 6.74. The molecule has 0 aliphatic carbocycles. The maximum Gasteiger partial charge on any atom is 0.307 e. The van der Waals surface area contributed by atoms with Crippen LogP contribution in [0.25, 0.3) is 0 Å². The maximum atomic E-state index is 11.1. The molecule has 0 aliphatic rings. The molecule has 1 atom stereocenters. The van der Waals surface area contributed by atoms with Crippen molar-refractivity contribution in [2.75, 3.05) is 20.3 Å². The van der Waals surface area contributed by atoms with Gasteiger partial charge in [0.1, 0.15) is 6.10 Å². The van der Waals surface area contributed by atoms with Crippen LogP contribution >= 0.6 is 0 Å². The standard InChI is InChI=1S/C9H17NO4/c1-4-14-8(11)5-6-10-9(12)7(2)13-3/h7H,4-6H2,1-3H3,(H,10,12). The highest BCUT2D eigenvalue weighted by Crippen LogP contribution is 1.88. The Bertz CT molecular complexity index is 193. The molecule has 0 bridgehead atoms. The van der Waals surface area contributed by atoms with E-state index < -0.39 is 6.10 Å². The van der Waals surface area contributed by atoms with Crippen molar-refractivity contribution in [3.63, 3.8) is 0 Å². The summed E-state index contributed by atoms with van der Waals surface area (Å²) in [6.45, 7) is 4.02. The zero-order chi connectivity index (χ0) is 11.0.